The van der Waals surface area contributed by atoms with Gasteiger partial charge in [-0.25, -0.2) is 14.2 Å². The highest BCUT2D eigenvalue weighted by Gasteiger charge is 2.20. The smallest absolute Gasteiger partial charge is 0.413 e. The van der Waals surface area contributed by atoms with Gasteiger partial charge in [-0.1, -0.05) is 11.6 Å². The summed E-state index contributed by atoms with van der Waals surface area (Å²) in [5.74, 6) is -0.685. The van der Waals surface area contributed by atoms with Gasteiger partial charge in [0.25, 0.3) is 5.91 Å². The number of pyridine rings is 2. The molecule has 0 saturated heterocycles. The largest absolute Gasteiger partial charge is 0.444 e. The van der Waals surface area contributed by atoms with Gasteiger partial charge in [-0.2, -0.15) is 10.4 Å². The number of aromatic nitrogens is 4. The molecule has 2 N–H and O–H groups in total. The fourth-order valence-corrected chi connectivity index (χ4v) is 4.29. The molecule has 2 amide bonds. The normalized spacial score (nSPS) is 11.2. The number of hydrogen-bond acceptors (Lipinski definition) is 7. The molecular weight excluding hydrogens is 537 g/mol. The molecule has 40 heavy (non-hydrogen) atoms. The maximum absolute atomic E-state index is 14.6. The van der Waals surface area contributed by atoms with Crippen LogP contribution in [0.25, 0.3) is 10.9 Å². The summed E-state index contributed by atoms with van der Waals surface area (Å²) in [5.41, 5.74) is 2.29. The topological polar surface area (TPSA) is 135 Å². The van der Waals surface area contributed by atoms with Crippen LogP contribution < -0.4 is 10.6 Å². The van der Waals surface area contributed by atoms with Crippen LogP contribution in [0.15, 0.2) is 36.7 Å². The summed E-state index contributed by atoms with van der Waals surface area (Å²) in [6, 6.07) is 8.28. The van der Waals surface area contributed by atoms with Crippen molar-refractivity contribution in [2.75, 3.05) is 5.32 Å². The molecule has 0 spiro atoms. The summed E-state index contributed by atoms with van der Waals surface area (Å²) in [6.45, 7) is 9.15. The minimum atomic E-state index is -0.647. The van der Waals surface area contributed by atoms with Crippen LogP contribution in [0.4, 0.5) is 15.0 Å². The maximum atomic E-state index is 14.6. The molecule has 12 heteroatoms. The molecule has 10 nitrogen and oxygen atoms in total. The number of nitrogens with zero attached hydrogens (tertiary/aromatic N) is 5. The van der Waals surface area contributed by atoms with Crippen LogP contribution in [0.3, 0.4) is 0 Å². The van der Waals surface area contributed by atoms with Crippen LogP contribution in [0.5, 0.6) is 0 Å². The zero-order valence-corrected chi connectivity index (χ0v) is 23.4. The molecule has 0 bridgehead atoms. The fraction of sp³-hybridized carbons (Fsp3) is 0.286. The van der Waals surface area contributed by atoms with Crippen molar-refractivity contribution >= 4 is 40.3 Å². The molecular formula is C28H27ClFN7O3. The summed E-state index contributed by atoms with van der Waals surface area (Å²) in [4.78, 5) is 33.5. The van der Waals surface area contributed by atoms with E-state index in [0.717, 1.165) is 11.1 Å². The molecule has 0 saturated carbocycles. The lowest BCUT2D eigenvalue weighted by molar-refractivity contribution is 0.0635. The summed E-state index contributed by atoms with van der Waals surface area (Å²) < 4.78 is 21.2. The third-order valence-corrected chi connectivity index (χ3v) is 6.04. The second kappa shape index (κ2) is 11.3. The van der Waals surface area contributed by atoms with Crippen molar-refractivity contribution in [2.24, 2.45) is 0 Å². The molecule has 3 heterocycles. The lowest BCUT2D eigenvalue weighted by Crippen LogP contribution is -2.28. The number of nitrogens with one attached hydrogen (secondary N) is 2. The van der Waals surface area contributed by atoms with Gasteiger partial charge in [-0.3, -0.25) is 19.8 Å². The lowest BCUT2D eigenvalue weighted by atomic mass is 10.1. The van der Waals surface area contributed by atoms with Gasteiger partial charge in [0.1, 0.15) is 28.8 Å². The van der Waals surface area contributed by atoms with Crippen LogP contribution in [-0.2, 0) is 17.8 Å². The zero-order valence-electron chi connectivity index (χ0n) is 22.6. The highest BCUT2D eigenvalue weighted by Crippen LogP contribution is 2.22. The number of carbonyl (C=O) groups is 2. The highest BCUT2D eigenvalue weighted by atomic mass is 35.5. The number of hydrogen-bond donors (Lipinski definition) is 2. The second-order valence-corrected chi connectivity index (χ2v) is 10.6. The van der Waals surface area contributed by atoms with Gasteiger partial charge < -0.3 is 10.1 Å². The second-order valence-electron chi connectivity index (χ2n) is 10.2. The van der Waals surface area contributed by atoms with Crippen molar-refractivity contribution in [2.45, 2.75) is 53.3 Å². The monoisotopic (exact) mass is 563 g/mol. The molecule has 4 rings (SSSR count). The summed E-state index contributed by atoms with van der Waals surface area (Å²) >= 11 is 5.99. The molecule has 1 aromatic carbocycles. The average Bonchev–Trinajstić information content (AvgIpc) is 3.24. The summed E-state index contributed by atoms with van der Waals surface area (Å²) in [7, 11) is 0. The molecule has 4 aromatic rings. The van der Waals surface area contributed by atoms with E-state index in [9.17, 15) is 19.2 Å². The first-order chi connectivity index (χ1) is 18.8. The fourth-order valence-electron chi connectivity index (χ4n) is 4.13. The average molecular weight is 564 g/mol. The first kappa shape index (κ1) is 28.4. The van der Waals surface area contributed by atoms with E-state index in [-0.39, 0.29) is 29.9 Å². The third kappa shape index (κ3) is 6.71. The van der Waals surface area contributed by atoms with E-state index in [2.05, 4.69) is 25.7 Å². The number of aryl methyl sites for hydroxylation is 2. The Morgan fingerprint density at radius 1 is 1.20 bits per heavy atom. The van der Waals surface area contributed by atoms with E-state index in [1.165, 1.54) is 23.1 Å². The van der Waals surface area contributed by atoms with Gasteiger partial charge in [0.2, 0.25) is 0 Å². The first-order valence-electron chi connectivity index (χ1n) is 12.3. The Labute approximate surface area is 235 Å². The SMILES string of the molecule is Cc1cc(NC(=O)OC(C)(C)C)nc(C)c1CNC(=O)c1cn(Cc2cc(F)c3ncc(Cl)cc3c2)nc1C#N. The predicted octanol–water partition coefficient (Wildman–Crippen LogP) is 5.43. The number of nitriles is 1. The molecule has 3 aromatic heterocycles. The third-order valence-electron chi connectivity index (χ3n) is 5.83. The van der Waals surface area contributed by atoms with Gasteiger partial charge in [-0.15, -0.1) is 0 Å². The van der Waals surface area contributed by atoms with Crippen LogP contribution in [0, 0.1) is 31.0 Å². The van der Waals surface area contributed by atoms with Crippen LogP contribution in [-0.4, -0.2) is 37.3 Å². The van der Waals surface area contributed by atoms with E-state index in [1.807, 2.05) is 13.0 Å². The Balaban J connectivity index is 1.47. The van der Waals surface area contributed by atoms with Gasteiger partial charge in [0.05, 0.1) is 17.1 Å². The number of amides is 2. The van der Waals surface area contributed by atoms with Gasteiger partial charge >= 0.3 is 6.09 Å². The first-order valence-corrected chi connectivity index (χ1v) is 12.7. The van der Waals surface area contributed by atoms with Crippen molar-refractivity contribution in [1.82, 2.24) is 25.1 Å². The van der Waals surface area contributed by atoms with E-state index >= 15 is 0 Å². The van der Waals surface area contributed by atoms with Gasteiger partial charge in [0.15, 0.2) is 5.69 Å². The molecule has 0 radical (unpaired) electrons. The molecule has 0 aliphatic heterocycles. The van der Waals surface area contributed by atoms with Crippen LogP contribution in [0.2, 0.25) is 5.02 Å². The molecule has 0 fully saturated rings. The lowest BCUT2D eigenvalue weighted by Gasteiger charge is -2.20. The molecule has 0 aliphatic carbocycles. The Morgan fingerprint density at radius 2 is 1.95 bits per heavy atom. The highest BCUT2D eigenvalue weighted by molar-refractivity contribution is 6.31. The summed E-state index contributed by atoms with van der Waals surface area (Å²) in [5, 5.41) is 20.1. The minimum Gasteiger partial charge on any atom is -0.444 e. The summed E-state index contributed by atoms with van der Waals surface area (Å²) in [6.07, 6.45) is 2.20. The van der Waals surface area contributed by atoms with E-state index in [1.54, 1.807) is 45.9 Å². The number of fused-ring (bicyclic) bond motifs is 1. The molecule has 0 aliphatic rings. The van der Waals surface area contributed by atoms with Gasteiger partial charge in [-0.05, 0) is 75.6 Å². The van der Waals surface area contributed by atoms with Crippen LogP contribution in [0.1, 0.15) is 59.2 Å². The number of benzene rings is 1. The standard InChI is InChI=1S/C28H27ClFN7O3/c1-15-6-24(35-27(39)40-28(3,4)5)34-16(2)20(15)12-33-26(38)21-14-37(36-23(21)10-31)13-17-7-18-9-19(29)11-32-25(18)22(30)8-17/h6-9,11,14H,12-13H2,1-5H3,(H,33,38)(H,34,35,39). The van der Waals surface area contributed by atoms with Crippen molar-refractivity contribution in [3.05, 3.63) is 81.1 Å². The van der Waals surface area contributed by atoms with Crippen molar-refractivity contribution in [1.29, 1.82) is 5.26 Å². The maximum Gasteiger partial charge on any atom is 0.413 e. The number of carbonyl (C=O) groups excluding carboxylic acids is 2. The number of rotatable bonds is 6. The Morgan fingerprint density at radius 3 is 2.62 bits per heavy atom. The van der Waals surface area contributed by atoms with Crippen molar-refractivity contribution in [3.8, 4) is 6.07 Å². The van der Waals surface area contributed by atoms with E-state index in [0.29, 0.717) is 27.5 Å². The van der Waals surface area contributed by atoms with Crippen molar-refractivity contribution in [3.63, 3.8) is 0 Å². The Hall–Kier alpha value is -4.56. The molecule has 206 valence electrons. The van der Waals surface area contributed by atoms with E-state index in [4.69, 9.17) is 16.3 Å². The molecule has 0 atom stereocenters. The quantitative estimate of drug-likeness (QED) is 0.319. The van der Waals surface area contributed by atoms with Crippen molar-refractivity contribution < 1.29 is 18.7 Å². The predicted molar refractivity (Wildman–Crippen MR) is 147 cm³/mol. The number of ether oxygens (including phenoxy) is 1. The van der Waals surface area contributed by atoms with Crippen LogP contribution >= 0.6 is 11.6 Å². The number of halogens is 2. The molecule has 0 unspecified atom stereocenters. The Bertz CT molecular complexity index is 1650. The van der Waals surface area contributed by atoms with Gasteiger partial charge in [0, 0.05) is 30.0 Å². The Kier molecular flexibility index (Phi) is 8.02. The minimum absolute atomic E-state index is 0.0630. The van der Waals surface area contributed by atoms with E-state index < -0.39 is 23.4 Å². The zero-order chi connectivity index (χ0) is 29.2. The number of anilines is 1.